The van der Waals surface area contributed by atoms with Gasteiger partial charge in [-0.15, -0.1) is 11.3 Å². The molecule has 0 saturated heterocycles. The first-order valence-corrected chi connectivity index (χ1v) is 8.78. The summed E-state index contributed by atoms with van der Waals surface area (Å²) < 4.78 is 1.23. The molecule has 0 bridgehead atoms. The quantitative estimate of drug-likeness (QED) is 0.885. The largest absolute Gasteiger partial charge is 0.389 e. The molecule has 1 aromatic carbocycles. The predicted molar refractivity (Wildman–Crippen MR) is 88.5 cm³/mol. The van der Waals surface area contributed by atoms with Crippen molar-refractivity contribution in [3.63, 3.8) is 0 Å². The van der Waals surface area contributed by atoms with Crippen LogP contribution in [0.15, 0.2) is 24.3 Å². The van der Waals surface area contributed by atoms with Crippen LogP contribution in [-0.4, -0.2) is 22.2 Å². The van der Waals surface area contributed by atoms with Crippen LogP contribution < -0.4 is 5.32 Å². The van der Waals surface area contributed by atoms with E-state index in [0.29, 0.717) is 6.54 Å². The molecule has 0 radical (unpaired) electrons. The van der Waals surface area contributed by atoms with Crippen LogP contribution in [0.2, 0.25) is 0 Å². The van der Waals surface area contributed by atoms with Crippen molar-refractivity contribution in [3.8, 4) is 0 Å². The zero-order chi connectivity index (χ0) is 14.7. The maximum absolute atomic E-state index is 10.6. The summed E-state index contributed by atoms with van der Waals surface area (Å²) in [6, 6.07) is 8.23. The molecule has 1 aliphatic rings. The lowest BCUT2D eigenvalue weighted by Crippen LogP contribution is -2.43. The summed E-state index contributed by atoms with van der Waals surface area (Å²) in [5.41, 5.74) is 0.559. The van der Waals surface area contributed by atoms with Gasteiger partial charge in [0.25, 0.3) is 0 Å². The fourth-order valence-electron chi connectivity index (χ4n) is 3.20. The smallest absolute Gasteiger partial charge is 0.108 e. The van der Waals surface area contributed by atoms with Crippen molar-refractivity contribution >= 4 is 21.6 Å². The lowest BCUT2D eigenvalue weighted by molar-refractivity contribution is -0.00880. The van der Waals surface area contributed by atoms with Gasteiger partial charge < -0.3 is 10.4 Å². The zero-order valence-corrected chi connectivity index (χ0v) is 13.5. The van der Waals surface area contributed by atoms with E-state index >= 15 is 0 Å². The van der Waals surface area contributed by atoms with Gasteiger partial charge in [-0.3, -0.25) is 0 Å². The summed E-state index contributed by atoms with van der Waals surface area (Å²) in [5, 5.41) is 15.1. The van der Waals surface area contributed by atoms with E-state index in [9.17, 15) is 5.11 Å². The molecule has 2 N–H and O–H groups in total. The number of fused-ring (bicyclic) bond motifs is 1. The van der Waals surface area contributed by atoms with E-state index in [1.807, 2.05) is 12.1 Å². The fraction of sp³-hybridized carbons (Fsp3) is 0.588. The molecule has 1 heterocycles. The number of rotatable bonds is 5. The average molecular weight is 304 g/mol. The van der Waals surface area contributed by atoms with Crippen LogP contribution in [0, 0.1) is 5.92 Å². The molecule has 0 unspecified atom stereocenters. The van der Waals surface area contributed by atoms with Crippen LogP contribution in [0.25, 0.3) is 10.2 Å². The van der Waals surface area contributed by atoms with Crippen molar-refractivity contribution in [2.45, 2.75) is 51.2 Å². The molecule has 0 spiro atoms. The zero-order valence-electron chi connectivity index (χ0n) is 12.6. The summed E-state index contributed by atoms with van der Waals surface area (Å²) in [6.45, 7) is 3.68. The summed E-state index contributed by atoms with van der Waals surface area (Å²) in [5.74, 6) is 0.814. The van der Waals surface area contributed by atoms with E-state index in [0.717, 1.165) is 48.7 Å². The van der Waals surface area contributed by atoms with Crippen molar-refractivity contribution in [2.24, 2.45) is 5.92 Å². The summed E-state index contributed by atoms with van der Waals surface area (Å²) in [4.78, 5) is 4.62. The standard InChI is InChI=1S/C17H24N2OS/c1-2-13-7-9-17(20,10-8-13)12-18-11-16-19-14-5-3-4-6-15(14)21-16/h3-6,13,18,20H,2,7-12H2,1H3. The molecular weight excluding hydrogens is 280 g/mol. The first kappa shape index (κ1) is 14.9. The lowest BCUT2D eigenvalue weighted by Gasteiger charge is -2.35. The molecule has 3 rings (SSSR count). The first-order valence-electron chi connectivity index (χ1n) is 7.96. The van der Waals surface area contributed by atoms with Crippen LogP contribution in [0.5, 0.6) is 0 Å². The number of para-hydroxylation sites is 1. The Kier molecular flexibility index (Phi) is 4.57. The number of hydrogen-bond acceptors (Lipinski definition) is 4. The van der Waals surface area contributed by atoms with E-state index in [4.69, 9.17) is 0 Å². The summed E-state index contributed by atoms with van der Waals surface area (Å²) in [6.07, 6.45) is 5.43. The molecule has 1 aliphatic carbocycles. The molecule has 1 fully saturated rings. The average Bonchev–Trinajstić information content (AvgIpc) is 2.90. The molecule has 0 amide bonds. The third-order valence-electron chi connectivity index (χ3n) is 4.68. The Morgan fingerprint density at radius 2 is 2.10 bits per heavy atom. The van der Waals surface area contributed by atoms with E-state index in [2.05, 4.69) is 29.4 Å². The second-order valence-electron chi connectivity index (χ2n) is 6.25. The molecule has 0 aliphatic heterocycles. The number of aromatic nitrogens is 1. The number of nitrogens with zero attached hydrogens (tertiary/aromatic N) is 1. The molecular formula is C17H24N2OS. The van der Waals surface area contributed by atoms with Gasteiger partial charge in [-0.1, -0.05) is 25.5 Å². The van der Waals surface area contributed by atoms with Crippen LogP contribution in [0.1, 0.15) is 44.0 Å². The van der Waals surface area contributed by atoms with E-state index in [1.54, 1.807) is 11.3 Å². The van der Waals surface area contributed by atoms with Crippen molar-refractivity contribution in [1.82, 2.24) is 10.3 Å². The van der Waals surface area contributed by atoms with Gasteiger partial charge in [0.1, 0.15) is 5.01 Å². The highest BCUT2D eigenvalue weighted by molar-refractivity contribution is 7.18. The third kappa shape index (κ3) is 3.62. The van der Waals surface area contributed by atoms with Gasteiger partial charge in [0, 0.05) is 13.1 Å². The van der Waals surface area contributed by atoms with Crippen molar-refractivity contribution < 1.29 is 5.11 Å². The molecule has 1 saturated carbocycles. The van der Waals surface area contributed by atoms with Crippen LogP contribution >= 0.6 is 11.3 Å². The van der Waals surface area contributed by atoms with Crippen molar-refractivity contribution in [3.05, 3.63) is 29.3 Å². The minimum atomic E-state index is -0.512. The summed E-state index contributed by atoms with van der Waals surface area (Å²) in [7, 11) is 0. The van der Waals surface area contributed by atoms with Crippen LogP contribution in [0.4, 0.5) is 0 Å². The molecule has 4 heteroatoms. The van der Waals surface area contributed by atoms with E-state index < -0.39 is 5.60 Å². The number of aliphatic hydroxyl groups is 1. The second kappa shape index (κ2) is 6.42. The molecule has 0 atom stereocenters. The van der Waals surface area contributed by atoms with Crippen molar-refractivity contribution in [1.29, 1.82) is 0 Å². The van der Waals surface area contributed by atoms with Gasteiger partial charge in [0.2, 0.25) is 0 Å². The van der Waals surface area contributed by atoms with Gasteiger partial charge in [0.15, 0.2) is 0 Å². The normalized spacial score (nSPS) is 26.3. The molecule has 1 aromatic heterocycles. The van der Waals surface area contributed by atoms with Gasteiger partial charge in [-0.2, -0.15) is 0 Å². The number of benzene rings is 1. The van der Waals surface area contributed by atoms with Crippen LogP contribution in [-0.2, 0) is 6.54 Å². The molecule has 3 nitrogen and oxygen atoms in total. The number of nitrogens with one attached hydrogen (secondary N) is 1. The highest BCUT2D eigenvalue weighted by Crippen LogP contribution is 2.33. The number of thiazole rings is 1. The minimum absolute atomic E-state index is 0.512. The monoisotopic (exact) mass is 304 g/mol. The topological polar surface area (TPSA) is 45.1 Å². The first-order chi connectivity index (χ1) is 10.2. The fourth-order valence-corrected chi connectivity index (χ4v) is 4.13. The van der Waals surface area contributed by atoms with E-state index in [-0.39, 0.29) is 0 Å². The highest BCUT2D eigenvalue weighted by atomic mass is 32.1. The molecule has 114 valence electrons. The third-order valence-corrected chi connectivity index (χ3v) is 5.72. The van der Waals surface area contributed by atoms with Crippen LogP contribution in [0.3, 0.4) is 0 Å². The minimum Gasteiger partial charge on any atom is -0.389 e. The predicted octanol–water partition coefficient (Wildman–Crippen LogP) is 3.72. The Morgan fingerprint density at radius 3 is 2.81 bits per heavy atom. The Balaban J connectivity index is 1.51. The van der Waals surface area contributed by atoms with Gasteiger partial charge in [0.05, 0.1) is 15.8 Å². The Hall–Kier alpha value is -0.970. The lowest BCUT2D eigenvalue weighted by atomic mass is 9.78. The summed E-state index contributed by atoms with van der Waals surface area (Å²) >= 11 is 1.73. The highest BCUT2D eigenvalue weighted by Gasteiger charge is 2.32. The Labute approximate surface area is 130 Å². The molecule has 2 aromatic rings. The number of hydrogen-bond donors (Lipinski definition) is 2. The molecule has 21 heavy (non-hydrogen) atoms. The maximum Gasteiger partial charge on any atom is 0.108 e. The van der Waals surface area contributed by atoms with E-state index in [1.165, 1.54) is 11.1 Å². The maximum atomic E-state index is 10.6. The Morgan fingerprint density at radius 1 is 1.33 bits per heavy atom. The van der Waals surface area contributed by atoms with Crippen molar-refractivity contribution in [2.75, 3.05) is 6.54 Å². The second-order valence-corrected chi connectivity index (χ2v) is 7.37. The SMILES string of the molecule is CCC1CCC(O)(CNCc2nc3ccccc3s2)CC1. The van der Waals surface area contributed by atoms with Gasteiger partial charge in [-0.05, 0) is 43.7 Å². The van der Waals surface area contributed by atoms with Gasteiger partial charge in [-0.25, -0.2) is 4.98 Å². The Bertz CT molecular complexity index is 554. The van der Waals surface area contributed by atoms with Gasteiger partial charge >= 0.3 is 0 Å².